The Kier molecular flexibility index (Phi) is 4.66. The molecule has 86 valence electrons. The average molecular weight is 279 g/mol. The third-order valence-corrected chi connectivity index (χ3v) is 4.55. The van der Waals surface area contributed by atoms with Gasteiger partial charge in [0.15, 0.2) is 0 Å². The molecule has 3 heteroatoms. The topological polar surface area (TPSA) is 0 Å². The number of halogens is 2. The van der Waals surface area contributed by atoms with Crippen LogP contribution >= 0.6 is 23.2 Å². The second-order valence-electron chi connectivity index (χ2n) is 3.79. The molecule has 0 fully saturated rings. The van der Waals surface area contributed by atoms with Crippen LogP contribution in [0.2, 0.25) is 10.0 Å². The summed E-state index contributed by atoms with van der Waals surface area (Å²) in [5, 5.41) is 1.72. The maximum Gasteiger partial charge on any atom is 0.0479 e. The van der Waals surface area contributed by atoms with Gasteiger partial charge in [0.25, 0.3) is 0 Å². The molecule has 2 rings (SSSR count). The van der Waals surface area contributed by atoms with Gasteiger partial charge in [-0.25, -0.2) is 0 Å². The van der Waals surface area contributed by atoms with Gasteiger partial charge in [-0.15, -0.1) is 0 Å². The van der Waals surface area contributed by atoms with Crippen molar-refractivity contribution in [2.75, 3.05) is 0 Å². The highest BCUT2D eigenvalue weighted by Crippen LogP contribution is 2.17. The molecular formula is C14H12Cl2Si. The van der Waals surface area contributed by atoms with Crippen LogP contribution in [0.5, 0.6) is 0 Å². The Morgan fingerprint density at radius 3 is 1.53 bits per heavy atom. The lowest BCUT2D eigenvalue weighted by Crippen LogP contribution is -2.02. The molecule has 0 amide bonds. The molecule has 0 aliphatic rings. The molecule has 0 saturated carbocycles. The van der Waals surface area contributed by atoms with Crippen LogP contribution in [0.3, 0.4) is 0 Å². The van der Waals surface area contributed by atoms with Gasteiger partial charge in [-0.05, 0) is 35.3 Å². The van der Waals surface area contributed by atoms with Crippen molar-refractivity contribution in [3.05, 3.63) is 69.7 Å². The smallest absolute Gasteiger partial charge is 0.0479 e. The van der Waals surface area contributed by atoms with Crippen molar-refractivity contribution in [3.63, 3.8) is 0 Å². The van der Waals surface area contributed by atoms with E-state index in [1.54, 1.807) is 0 Å². The van der Waals surface area contributed by atoms with Crippen molar-refractivity contribution in [1.82, 2.24) is 0 Å². The molecule has 0 saturated heterocycles. The van der Waals surface area contributed by atoms with Gasteiger partial charge in [0.05, 0.1) is 0 Å². The maximum absolute atomic E-state index is 6.12. The molecule has 2 radical (unpaired) electrons. The quantitative estimate of drug-likeness (QED) is 0.728. The van der Waals surface area contributed by atoms with E-state index < -0.39 is 0 Å². The zero-order chi connectivity index (χ0) is 12.1. The van der Waals surface area contributed by atoms with Gasteiger partial charge < -0.3 is 0 Å². The van der Waals surface area contributed by atoms with E-state index in [-0.39, 0.29) is 0 Å². The minimum absolute atomic E-state index is 0.811. The molecule has 0 unspecified atom stereocenters. The minimum Gasteiger partial charge on any atom is -0.0841 e. The zero-order valence-corrected chi connectivity index (χ0v) is 11.8. The summed E-state index contributed by atoms with van der Waals surface area (Å²) in [4.78, 5) is 0. The van der Waals surface area contributed by atoms with Crippen molar-refractivity contribution in [1.29, 1.82) is 0 Å². The monoisotopic (exact) mass is 278 g/mol. The second kappa shape index (κ2) is 6.25. The summed E-state index contributed by atoms with van der Waals surface area (Å²) in [7, 11) is 0.811. The molecule has 2 aromatic rings. The SMILES string of the molecule is Clc1ccccc1C[Si]Cc1ccccc1Cl. The van der Waals surface area contributed by atoms with Crippen molar-refractivity contribution in [3.8, 4) is 0 Å². The molecular weight excluding hydrogens is 267 g/mol. The number of hydrogen-bond acceptors (Lipinski definition) is 0. The fourth-order valence-electron chi connectivity index (χ4n) is 1.62. The van der Waals surface area contributed by atoms with E-state index in [2.05, 4.69) is 12.1 Å². The van der Waals surface area contributed by atoms with Gasteiger partial charge in [-0.3, -0.25) is 0 Å². The predicted octanol–water partition coefficient (Wildman–Crippen LogP) is 4.40. The van der Waals surface area contributed by atoms with E-state index in [9.17, 15) is 0 Å². The minimum atomic E-state index is 0.811. The molecule has 2 aromatic carbocycles. The molecule has 0 aliphatic heterocycles. The van der Waals surface area contributed by atoms with Crippen LogP contribution < -0.4 is 0 Å². The molecule has 0 heterocycles. The van der Waals surface area contributed by atoms with Gasteiger partial charge in [0.1, 0.15) is 0 Å². The molecule has 0 nitrogen and oxygen atoms in total. The third kappa shape index (κ3) is 3.60. The standard InChI is InChI=1S/C14H12Cl2Si/c15-13-7-3-1-5-11(13)9-17-10-12-6-2-4-8-14(12)16/h1-8H,9-10H2. The van der Waals surface area contributed by atoms with Crippen molar-refractivity contribution >= 4 is 32.7 Å². The van der Waals surface area contributed by atoms with Crippen LogP contribution in [0.4, 0.5) is 0 Å². The zero-order valence-electron chi connectivity index (χ0n) is 9.29. The first kappa shape index (κ1) is 12.7. The Labute approximate surface area is 114 Å². The summed E-state index contributed by atoms with van der Waals surface area (Å²) in [6.45, 7) is 0. The average Bonchev–Trinajstić information content (AvgIpc) is 2.34. The molecule has 0 aromatic heterocycles. The van der Waals surface area contributed by atoms with Gasteiger partial charge in [0, 0.05) is 19.6 Å². The Morgan fingerprint density at radius 1 is 0.706 bits per heavy atom. The summed E-state index contributed by atoms with van der Waals surface area (Å²) in [6.07, 6.45) is 0. The van der Waals surface area contributed by atoms with Crippen LogP contribution in [0.1, 0.15) is 11.1 Å². The molecule has 0 bridgehead atoms. The largest absolute Gasteiger partial charge is 0.0841 e. The number of rotatable bonds is 4. The van der Waals surface area contributed by atoms with Gasteiger partial charge in [-0.1, -0.05) is 59.6 Å². The second-order valence-corrected chi connectivity index (χ2v) is 5.81. The lowest BCUT2D eigenvalue weighted by molar-refractivity contribution is 1.30. The van der Waals surface area contributed by atoms with Crippen LogP contribution in [-0.2, 0) is 12.1 Å². The van der Waals surface area contributed by atoms with Crippen LogP contribution in [-0.4, -0.2) is 9.52 Å². The maximum atomic E-state index is 6.12. The van der Waals surface area contributed by atoms with Gasteiger partial charge >= 0.3 is 0 Å². The molecule has 0 atom stereocenters. The highest BCUT2D eigenvalue weighted by atomic mass is 35.5. The third-order valence-electron chi connectivity index (χ3n) is 2.55. The number of benzene rings is 2. The van der Waals surface area contributed by atoms with E-state index >= 15 is 0 Å². The fraction of sp³-hybridized carbons (Fsp3) is 0.143. The first-order valence-electron chi connectivity index (χ1n) is 5.45. The van der Waals surface area contributed by atoms with Crippen molar-refractivity contribution in [2.45, 2.75) is 12.1 Å². The van der Waals surface area contributed by atoms with Crippen molar-refractivity contribution in [2.24, 2.45) is 0 Å². The summed E-state index contributed by atoms with van der Waals surface area (Å²) in [5.41, 5.74) is 2.44. The summed E-state index contributed by atoms with van der Waals surface area (Å²) in [6, 6.07) is 18.1. The van der Waals surface area contributed by atoms with Gasteiger partial charge in [-0.2, -0.15) is 0 Å². The summed E-state index contributed by atoms with van der Waals surface area (Å²) < 4.78 is 0. The summed E-state index contributed by atoms with van der Waals surface area (Å²) >= 11 is 12.2. The fourth-order valence-corrected chi connectivity index (χ4v) is 3.52. The molecule has 0 N–H and O–H groups in total. The lowest BCUT2D eigenvalue weighted by Gasteiger charge is -2.04. The van der Waals surface area contributed by atoms with Crippen molar-refractivity contribution < 1.29 is 0 Å². The van der Waals surface area contributed by atoms with E-state index in [1.165, 1.54) is 11.1 Å². The van der Waals surface area contributed by atoms with Gasteiger partial charge in [0.2, 0.25) is 0 Å². The Balaban J connectivity index is 1.93. The molecule has 17 heavy (non-hydrogen) atoms. The van der Waals surface area contributed by atoms with E-state index in [4.69, 9.17) is 23.2 Å². The van der Waals surface area contributed by atoms with Crippen LogP contribution in [0, 0.1) is 0 Å². The highest BCUT2D eigenvalue weighted by Gasteiger charge is 2.02. The Bertz CT molecular complexity index is 452. The van der Waals surface area contributed by atoms with Crippen LogP contribution in [0.15, 0.2) is 48.5 Å². The Hall–Kier alpha value is -0.763. The van der Waals surface area contributed by atoms with Crippen LogP contribution in [0.25, 0.3) is 0 Å². The van der Waals surface area contributed by atoms with E-state index in [0.29, 0.717) is 0 Å². The normalized spacial score (nSPS) is 10.5. The lowest BCUT2D eigenvalue weighted by atomic mass is 10.2. The Morgan fingerprint density at radius 2 is 1.12 bits per heavy atom. The summed E-state index contributed by atoms with van der Waals surface area (Å²) in [5.74, 6) is 0. The first-order valence-corrected chi connectivity index (χ1v) is 7.62. The predicted molar refractivity (Wildman–Crippen MR) is 76.1 cm³/mol. The van der Waals surface area contributed by atoms with E-state index in [1.807, 2.05) is 36.4 Å². The molecule has 0 spiro atoms. The van der Waals surface area contributed by atoms with E-state index in [0.717, 1.165) is 31.7 Å². The highest BCUT2D eigenvalue weighted by molar-refractivity contribution is 6.38. The molecule has 0 aliphatic carbocycles. The first-order chi connectivity index (χ1) is 8.27. The number of hydrogen-bond donors (Lipinski definition) is 0.